The number of morpholine rings is 2. The van der Waals surface area contributed by atoms with Gasteiger partial charge in [-0.25, -0.2) is 4.98 Å². The van der Waals surface area contributed by atoms with Crippen molar-refractivity contribution in [1.82, 2.24) is 24.4 Å². The first-order valence-electron chi connectivity index (χ1n) is 9.83. The Morgan fingerprint density at radius 3 is 2.44 bits per heavy atom. The van der Waals surface area contributed by atoms with Crippen LogP contribution < -0.4 is 10.2 Å². The van der Waals surface area contributed by atoms with Crippen LogP contribution in [0.15, 0.2) is 6.33 Å². The van der Waals surface area contributed by atoms with Crippen molar-refractivity contribution in [2.75, 3.05) is 75.9 Å². The fourth-order valence-electron chi connectivity index (χ4n) is 3.47. The third-order valence-electron chi connectivity index (χ3n) is 5.08. The summed E-state index contributed by atoms with van der Waals surface area (Å²) in [6.45, 7) is 12.7. The summed E-state index contributed by atoms with van der Waals surface area (Å²) in [6, 6.07) is 0.295. The van der Waals surface area contributed by atoms with Gasteiger partial charge in [-0.2, -0.15) is 9.97 Å². The van der Waals surface area contributed by atoms with Crippen LogP contribution in [0.4, 0.5) is 11.8 Å². The molecule has 0 saturated carbocycles. The van der Waals surface area contributed by atoms with Gasteiger partial charge in [0.15, 0.2) is 17.0 Å². The quantitative estimate of drug-likeness (QED) is 0.801. The lowest BCUT2D eigenvalue weighted by Crippen LogP contribution is -2.39. The van der Waals surface area contributed by atoms with Crippen LogP contribution in [0.25, 0.3) is 11.2 Å². The lowest BCUT2D eigenvalue weighted by atomic mass is 10.3. The molecule has 2 aliphatic rings. The van der Waals surface area contributed by atoms with Crippen molar-refractivity contribution in [3.8, 4) is 0 Å². The van der Waals surface area contributed by atoms with Crippen molar-refractivity contribution in [1.29, 1.82) is 0 Å². The van der Waals surface area contributed by atoms with Gasteiger partial charge in [0.2, 0.25) is 5.95 Å². The van der Waals surface area contributed by atoms with Gasteiger partial charge in [0.1, 0.15) is 0 Å². The van der Waals surface area contributed by atoms with E-state index in [1.54, 1.807) is 0 Å². The Morgan fingerprint density at radius 2 is 1.74 bits per heavy atom. The minimum atomic E-state index is 0.295. The predicted molar refractivity (Wildman–Crippen MR) is 104 cm³/mol. The van der Waals surface area contributed by atoms with E-state index < -0.39 is 0 Å². The van der Waals surface area contributed by atoms with Gasteiger partial charge >= 0.3 is 0 Å². The molecule has 0 radical (unpaired) electrons. The van der Waals surface area contributed by atoms with E-state index in [4.69, 9.17) is 19.4 Å². The number of hydrogen-bond acceptors (Lipinski definition) is 8. The number of ether oxygens (including phenoxy) is 2. The molecule has 0 amide bonds. The number of aromatic nitrogens is 4. The molecule has 2 aromatic rings. The molecular weight excluding hydrogens is 346 g/mol. The monoisotopic (exact) mass is 375 g/mol. The molecule has 2 fully saturated rings. The van der Waals surface area contributed by atoms with Gasteiger partial charge in [-0.05, 0) is 13.8 Å². The summed E-state index contributed by atoms with van der Waals surface area (Å²) in [5, 5.41) is 3.50. The molecule has 2 saturated heterocycles. The summed E-state index contributed by atoms with van der Waals surface area (Å²) in [4.78, 5) is 18.8. The number of rotatable bonds is 6. The maximum atomic E-state index is 5.47. The Balaban J connectivity index is 1.56. The minimum Gasteiger partial charge on any atom is -0.379 e. The van der Waals surface area contributed by atoms with Crippen LogP contribution in [0.1, 0.15) is 19.9 Å². The van der Waals surface area contributed by atoms with Gasteiger partial charge in [-0.1, -0.05) is 0 Å². The standard InChI is InChI=1S/C18H29N7O2/c1-14(2)25-13-20-15-16(19-3-4-23-5-9-26-10-6-23)21-18(22-17(15)25)24-7-11-27-12-8-24/h13-14H,3-12H2,1-2H3,(H,19,21,22). The van der Waals surface area contributed by atoms with Crippen LogP contribution in [-0.4, -0.2) is 90.1 Å². The van der Waals surface area contributed by atoms with Crippen LogP contribution in [-0.2, 0) is 9.47 Å². The van der Waals surface area contributed by atoms with E-state index in [0.29, 0.717) is 19.3 Å². The molecule has 0 aliphatic carbocycles. The molecule has 0 aromatic carbocycles. The molecular formula is C18H29N7O2. The summed E-state index contributed by atoms with van der Waals surface area (Å²) < 4.78 is 13.0. The Morgan fingerprint density at radius 1 is 1.04 bits per heavy atom. The van der Waals surface area contributed by atoms with E-state index in [9.17, 15) is 0 Å². The normalized spacial score (nSPS) is 19.1. The zero-order valence-electron chi connectivity index (χ0n) is 16.2. The van der Waals surface area contributed by atoms with E-state index in [1.807, 2.05) is 6.33 Å². The van der Waals surface area contributed by atoms with Gasteiger partial charge in [-0.15, -0.1) is 0 Å². The largest absolute Gasteiger partial charge is 0.379 e. The second-order valence-electron chi connectivity index (χ2n) is 7.27. The number of anilines is 2. The van der Waals surface area contributed by atoms with Crippen molar-refractivity contribution >= 4 is 22.9 Å². The van der Waals surface area contributed by atoms with Crippen molar-refractivity contribution in [3.05, 3.63) is 6.33 Å². The Kier molecular flexibility index (Phi) is 5.70. The average Bonchev–Trinajstić information content (AvgIpc) is 3.14. The third kappa shape index (κ3) is 4.15. The number of hydrogen-bond donors (Lipinski definition) is 1. The smallest absolute Gasteiger partial charge is 0.229 e. The van der Waals surface area contributed by atoms with Crippen LogP contribution in [0.5, 0.6) is 0 Å². The molecule has 2 aromatic heterocycles. The lowest BCUT2D eigenvalue weighted by Gasteiger charge is -2.28. The molecule has 4 rings (SSSR count). The molecule has 9 nitrogen and oxygen atoms in total. The molecule has 9 heteroatoms. The predicted octanol–water partition coefficient (Wildman–Crippen LogP) is 0.988. The number of nitrogens with zero attached hydrogens (tertiary/aromatic N) is 6. The van der Waals surface area contributed by atoms with E-state index >= 15 is 0 Å². The molecule has 0 unspecified atom stereocenters. The highest BCUT2D eigenvalue weighted by Crippen LogP contribution is 2.25. The summed E-state index contributed by atoms with van der Waals surface area (Å²) >= 11 is 0. The summed E-state index contributed by atoms with van der Waals surface area (Å²) in [5.41, 5.74) is 1.72. The van der Waals surface area contributed by atoms with Gasteiger partial charge in [0.05, 0.1) is 32.8 Å². The van der Waals surface area contributed by atoms with Crippen LogP contribution in [0.2, 0.25) is 0 Å². The molecule has 2 aliphatic heterocycles. The van der Waals surface area contributed by atoms with Crippen molar-refractivity contribution in [3.63, 3.8) is 0 Å². The number of imidazole rings is 1. The molecule has 148 valence electrons. The van der Waals surface area contributed by atoms with Gasteiger partial charge < -0.3 is 24.3 Å². The molecule has 1 N–H and O–H groups in total. The molecule has 0 spiro atoms. The highest BCUT2D eigenvalue weighted by molar-refractivity contribution is 5.84. The highest BCUT2D eigenvalue weighted by Gasteiger charge is 2.20. The lowest BCUT2D eigenvalue weighted by molar-refractivity contribution is 0.0398. The first-order valence-corrected chi connectivity index (χ1v) is 9.83. The van der Waals surface area contributed by atoms with Gasteiger partial charge in [0, 0.05) is 45.3 Å². The maximum absolute atomic E-state index is 5.47. The van der Waals surface area contributed by atoms with E-state index in [-0.39, 0.29) is 0 Å². The van der Waals surface area contributed by atoms with Crippen LogP contribution in [0.3, 0.4) is 0 Å². The van der Waals surface area contributed by atoms with Gasteiger partial charge in [0.25, 0.3) is 0 Å². The fourth-order valence-corrected chi connectivity index (χ4v) is 3.47. The number of nitrogens with one attached hydrogen (secondary N) is 1. The maximum Gasteiger partial charge on any atom is 0.229 e. The first kappa shape index (κ1) is 18.4. The summed E-state index contributed by atoms with van der Waals surface area (Å²) in [5.74, 6) is 1.57. The topological polar surface area (TPSA) is 80.6 Å². The first-order chi connectivity index (χ1) is 13.2. The minimum absolute atomic E-state index is 0.295. The Hall–Kier alpha value is -1.97. The molecule has 0 bridgehead atoms. The Labute approximate surface area is 159 Å². The SMILES string of the molecule is CC(C)n1cnc2c(NCCN3CCOCC3)nc(N3CCOCC3)nc21. The number of fused-ring (bicyclic) bond motifs is 1. The molecule has 27 heavy (non-hydrogen) atoms. The summed E-state index contributed by atoms with van der Waals surface area (Å²) in [7, 11) is 0. The molecule has 0 atom stereocenters. The van der Waals surface area contributed by atoms with Crippen LogP contribution in [0, 0.1) is 0 Å². The van der Waals surface area contributed by atoms with E-state index in [2.05, 4.69) is 38.5 Å². The Bertz CT molecular complexity index is 751. The van der Waals surface area contributed by atoms with Crippen molar-refractivity contribution < 1.29 is 9.47 Å². The highest BCUT2D eigenvalue weighted by atomic mass is 16.5. The second-order valence-corrected chi connectivity index (χ2v) is 7.27. The zero-order valence-corrected chi connectivity index (χ0v) is 16.2. The van der Waals surface area contributed by atoms with Crippen LogP contribution >= 0.6 is 0 Å². The third-order valence-corrected chi connectivity index (χ3v) is 5.08. The van der Waals surface area contributed by atoms with Crippen molar-refractivity contribution in [2.45, 2.75) is 19.9 Å². The summed E-state index contributed by atoms with van der Waals surface area (Å²) in [6.07, 6.45) is 1.86. The second kappa shape index (κ2) is 8.37. The average molecular weight is 375 g/mol. The fraction of sp³-hybridized carbons (Fsp3) is 0.722. The van der Waals surface area contributed by atoms with E-state index in [1.165, 1.54) is 0 Å². The van der Waals surface area contributed by atoms with E-state index in [0.717, 1.165) is 75.4 Å². The van der Waals surface area contributed by atoms with Crippen molar-refractivity contribution in [2.24, 2.45) is 0 Å². The zero-order chi connectivity index (χ0) is 18.6. The van der Waals surface area contributed by atoms with Gasteiger partial charge in [-0.3, -0.25) is 4.90 Å². The molecule has 4 heterocycles.